The van der Waals surface area contributed by atoms with Crippen LogP contribution >= 0.6 is 0 Å². The summed E-state index contributed by atoms with van der Waals surface area (Å²) in [5.74, 6) is 1.33. The number of rotatable bonds is 8. The number of likely N-dealkylation sites (N-methyl/N-ethyl adjacent to an activating group) is 1. The molecule has 0 saturated heterocycles. The van der Waals surface area contributed by atoms with Crippen molar-refractivity contribution in [1.29, 1.82) is 0 Å². The summed E-state index contributed by atoms with van der Waals surface area (Å²) in [7, 11) is 3.90. The third kappa shape index (κ3) is 4.99. The third-order valence-electron chi connectivity index (χ3n) is 4.32. The van der Waals surface area contributed by atoms with Crippen molar-refractivity contribution in [3.05, 3.63) is 78.8 Å². The normalized spacial score (nSPS) is 12.0. The van der Waals surface area contributed by atoms with Crippen molar-refractivity contribution in [2.75, 3.05) is 27.2 Å². The Morgan fingerprint density at radius 2 is 1.78 bits per heavy atom. The smallest absolute Gasteiger partial charge is 0.258 e. The molecule has 0 aliphatic heterocycles. The minimum Gasteiger partial charge on any atom is -0.483 e. The molecule has 0 radical (unpaired) electrons. The predicted octanol–water partition coefficient (Wildman–Crippen LogP) is 3.74. The molecule has 27 heavy (non-hydrogen) atoms. The molecule has 2 aromatic carbocycles. The van der Waals surface area contributed by atoms with Crippen LogP contribution in [0, 0.1) is 0 Å². The maximum Gasteiger partial charge on any atom is 0.258 e. The molecule has 3 aromatic rings. The van der Waals surface area contributed by atoms with E-state index in [0.29, 0.717) is 12.3 Å². The van der Waals surface area contributed by atoms with Gasteiger partial charge in [0.15, 0.2) is 6.61 Å². The number of amides is 1. The van der Waals surface area contributed by atoms with E-state index in [4.69, 9.17) is 9.15 Å². The lowest BCUT2D eigenvalue weighted by molar-refractivity contribution is -0.123. The SMILES string of the molecule is CN(C)[C@@H](CNC(=O)COc1ccccc1-c1ccccc1)c1ccco1. The highest BCUT2D eigenvalue weighted by Crippen LogP contribution is 2.29. The Balaban J connectivity index is 1.58. The third-order valence-corrected chi connectivity index (χ3v) is 4.32. The van der Waals surface area contributed by atoms with Gasteiger partial charge in [-0.1, -0.05) is 48.5 Å². The van der Waals surface area contributed by atoms with E-state index < -0.39 is 0 Å². The summed E-state index contributed by atoms with van der Waals surface area (Å²) < 4.78 is 11.2. The van der Waals surface area contributed by atoms with Crippen LogP contribution in [-0.2, 0) is 4.79 Å². The number of carbonyl (C=O) groups excluding carboxylic acids is 1. The van der Waals surface area contributed by atoms with Crippen molar-refractivity contribution >= 4 is 5.91 Å². The summed E-state index contributed by atoms with van der Waals surface area (Å²) in [6.07, 6.45) is 1.64. The summed E-state index contributed by atoms with van der Waals surface area (Å²) in [5.41, 5.74) is 2.02. The lowest BCUT2D eigenvalue weighted by Crippen LogP contribution is -2.36. The van der Waals surface area contributed by atoms with Crippen molar-refractivity contribution in [2.24, 2.45) is 0 Å². The number of benzene rings is 2. The quantitative estimate of drug-likeness (QED) is 0.661. The number of hydrogen-bond acceptors (Lipinski definition) is 4. The molecule has 3 rings (SSSR count). The first-order chi connectivity index (χ1) is 13.1. The maximum absolute atomic E-state index is 12.3. The molecule has 1 atom stereocenters. The van der Waals surface area contributed by atoms with Crippen LogP contribution in [0.4, 0.5) is 0 Å². The lowest BCUT2D eigenvalue weighted by atomic mass is 10.1. The topological polar surface area (TPSA) is 54.7 Å². The molecular formula is C22H24N2O3. The number of ether oxygens (including phenoxy) is 1. The van der Waals surface area contributed by atoms with Gasteiger partial charge in [-0.05, 0) is 37.9 Å². The molecule has 1 heterocycles. The Bertz CT molecular complexity index is 845. The van der Waals surface area contributed by atoms with Crippen molar-refractivity contribution in [3.8, 4) is 16.9 Å². The molecule has 1 aromatic heterocycles. The first kappa shape index (κ1) is 18.7. The number of para-hydroxylation sites is 1. The summed E-state index contributed by atoms with van der Waals surface area (Å²) >= 11 is 0. The molecule has 0 spiro atoms. The largest absolute Gasteiger partial charge is 0.483 e. The van der Waals surface area contributed by atoms with Crippen LogP contribution in [0.5, 0.6) is 5.75 Å². The van der Waals surface area contributed by atoms with Gasteiger partial charge >= 0.3 is 0 Å². The second-order valence-electron chi connectivity index (χ2n) is 6.45. The molecule has 0 fully saturated rings. The van der Waals surface area contributed by atoms with E-state index in [1.165, 1.54) is 0 Å². The summed E-state index contributed by atoms with van der Waals surface area (Å²) in [6, 6.07) is 21.4. The first-order valence-electron chi connectivity index (χ1n) is 8.89. The second kappa shape index (κ2) is 9.05. The summed E-state index contributed by atoms with van der Waals surface area (Å²) in [5, 5.41) is 2.92. The van der Waals surface area contributed by atoms with Gasteiger partial charge in [-0.25, -0.2) is 0 Å². The van der Waals surface area contributed by atoms with E-state index in [0.717, 1.165) is 16.9 Å². The predicted molar refractivity (Wildman–Crippen MR) is 106 cm³/mol. The van der Waals surface area contributed by atoms with Crippen LogP contribution in [0.2, 0.25) is 0 Å². The van der Waals surface area contributed by atoms with Crippen molar-refractivity contribution in [3.63, 3.8) is 0 Å². The Morgan fingerprint density at radius 3 is 2.48 bits per heavy atom. The fourth-order valence-corrected chi connectivity index (χ4v) is 2.87. The zero-order valence-corrected chi connectivity index (χ0v) is 15.6. The fraction of sp³-hybridized carbons (Fsp3) is 0.227. The molecule has 0 saturated carbocycles. The molecule has 1 amide bonds. The maximum atomic E-state index is 12.3. The van der Waals surface area contributed by atoms with Gasteiger partial charge in [-0.15, -0.1) is 0 Å². The lowest BCUT2D eigenvalue weighted by Gasteiger charge is -2.22. The van der Waals surface area contributed by atoms with E-state index >= 15 is 0 Å². The highest BCUT2D eigenvalue weighted by Gasteiger charge is 2.18. The average Bonchev–Trinajstić information content (AvgIpc) is 3.21. The Hall–Kier alpha value is -3.05. The van der Waals surface area contributed by atoms with Gasteiger partial charge in [-0.3, -0.25) is 9.69 Å². The van der Waals surface area contributed by atoms with Crippen molar-refractivity contribution < 1.29 is 13.9 Å². The molecule has 140 valence electrons. The zero-order valence-electron chi connectivity index (χ0n) is 15.6. The van der Waals surface area contributed by atoms with Gasteiger partial charge in [0, 0.05) is 12.1 Å². The fourth-order valence-electron chi connectivity index (χ4n) is 2.87. The Kier molecular flexibility index (Phi) is 6.28. The molecule has 0 unspecified atom stereocenters. The standard InChI is InChI=1S/C22H24N2O3/c1-24(2)19(21-13-8-14-26-21)15-23-22(25)16-27-20-12-7-6-11-18(20)17-9-4-3-5-10-17/h3-14,19H,15-16H2,1-2H3,(H,23,25)/t19-/m0/s1. The van der Waals surface area contributed by atoms with E-state index in [2.05, 4.69) is 5.32 Å². The van der Waals surface area contributed by atoms with Crippen LogP contribution in [-0.4, -0.2) is 38.1 Å². The molecule has 5 nitrogen and oxygen atoms in total. The van der Waals surface area contributed by atoms with E-state index in [-0.39, 0.29) is 18.6 Å². The monoisotopic (exact) mass is 364 g/mol. The van der Waals surface area contributed by atoms with Gasteiger partial charge in [-0.2, -0.15) is 0 Å². The Labute approximate surface area is 159 Å². The zero-order chi connectivity index (χ0) is 19.1. The molecule has 0 aliphatic rings. The van der Waals surface area contributed by atoms with Crippen LogP contribution in [0.1, 0.15) is 11.8 Å². The van der Waals surface area contributed by atoms with Crippen molar-refractivity contribution in [1.82, 2.24) is 10.2 Å². The van der Waals surface area contributed by atoms with Crippen molar-refractivity contribution in [2.45, 2.75) is 6.04 Å². The van der Waals surface area contributed by atoms with Gasteiger partial charge in [0.2, 0.25) is 0 Å². The number of nitrogens with zero attached hydrogens (tertiary/aromatic N) is 1. The highest BCUT2D eigenvalue weighted by molar-refractivity contribution is 5.78. The summed E-state index contributed by atoms with van der Waals surface area (Å²) in [6.45, 7) is 0.408. The minimum absolute atomic E-state index is 0.0273. The van der Waals surface area contributed by atoms with Crippen LogP contribution in [0.15, 0.2) is 77.4 Å². The van der Waals surface area contributed by atoms with Gasteiger partial charge in [0.1, 0.15) is 11.5 Å². The summed E-state index contributed by atoms with van der Waals surface area (Å²) in [4.78, 5) is 14.3. The average molecular weight is 364 g/mol. The van der Waals surface area contributed by atoms with Crippen LogP contribution < -0.4 is 10.1 Å². The van der Waals surface area contributed by atoms with Crippen LogP contribution in [0.25, 0.3) is 11.1 Å². The molecule has 0 bridgehead atoms. The van der Waals surface area contributed by atoms with E-state index in [1.54, 1.807) is 6.26 Å². The Morgan fingerprint density at radius 1 is 1.04 bits per heavy atom. The number of furan rings is 1. The minimum atomic E-state index is -0.170. The van der Waals surface area contributed by atoms with Gasteiger partial charge in [0.05, 0.1) is 12.3 Å². The highest BCUT2D eigenvalue weighted by atomic mass is 16.5. The van der Waals surface area contributed by atoms with E-state index in [9.17, 15) is 4.79 Å². The first-order valence-corrected chi connectivity index (χ1v) is 8.89. The molecule has 0 aliphatic carbocycles. The van der Waals surface area contributed by atoms with Crippen LogP contribution in [0.3, 0.4) is 0 Å². The number of nitrogens with one attached hydrogen (secondary N) is 1. The molecule has 5 heteroatoms. The second-order valence-corrected chi connectivity index (χ2v) is 6.45. The van der Waals surface area contributed by atoms with Gasteiger partial charge < -0.3 is 14.5 Å². The van der Waals surface area contributed by atoms with E-state index in [1.807, 2.05) is 85.7 Å². The molecular weight excluding hydrogens is 340 g/mol. The number of hydrogen-bond donors (Lipinski definition) is 1. The number of carbonyl (C=O) groups is 1. The molecule has 1 N–H and O–H groups in total. The van der Waals surface area contributed by atoms with Gasteiger partial charge in [0.25, 0.3) is 5.91 Å².